The van der Waals surface area contributed by atoms with Crippen molar-refractivity contribution in [2.45, 2.75) is 11.6 Å². The molecule has 0 bridgehead atoms. The Kier molecular flexibility index (Phi) is 4.24. The number of para-hydroxylation sites is 1. The molecule has 0 saturated heterocycles. The summed E-state index contributed by atoms with van der Waals surface area (Å²) >= 11 is 1.44. The zero-order valence-electron chi connectivity index (χ0n) is 11.7. The third kappa shape index (κ3) is 3.04. The molecule has 0 atom stereocenters. The lowest BCUT2D eigenvalue weighted by Crippen LogP contribution is -2.11. The van der Waals surface area contributed by atoms with Crippen LogP contribution in [0.5, 0.6) is 0 Å². The van der Waals surface area contributed by atoms with Crippen LogP contribution < -0.4 is 5.73 Å². The van der Waals surface area contributed by atoms with Crippen molar-refractivity contribution >= 4 is 17.7 Å². The van der Waals surface area contributed by atoms with E-state index in [1.54, 1.807) is 12.3 Å². The highest BCUT2D eigenvalue weighted by Crippen LogP contribution is 2.28. The van der Waals surface area contributed by atoms with E-state index in [1.165, 1.54) is 11.8 Å². The van der Waals surface area contributed by atoms with E-state index in [0.29, 0.717) is 28.9 Å². The maximum atomic E-state index is 10.9. The fourth-order valence-electron chi connectivity index (χ4n) is 1.98. The van der Waals surface area contributed by atoms with Crippen LogP contribution in [0.2, 0.25) is 0 Å². The average Bonchev–Trinajstić information content (AvgIpc) is 3.16. The zero-order valence-corrected chi connectivity index (χ0v) is 12.5. The zero-order chi connectivity index (χ0) is 15.4. The van der Waals surface area contributed by atoms with Gasteiger partial charge in [-0.1, -0.05) is 30.0 Å². The molecule has 6 nitrogen and oxygen atoms in total. The Morgan fingerprint density at radius 1 is 1.18 bits per heavy atom. The second-order valence-electron chi connectivity index (χ2n) is 4.52. The number of primary amides is 1. The number of benzene rings is 1. The summed E-state index contributed by atoms with van der Waals surface area (Å²) in [5, 5.41) is 9.12. The van der Waals surface area contributed by atoms with Gasteiger partial charge in [-0.3, -0.25) is 9.36 Å². The van der Waals surface area contributed by atoms with Crippen LogP contribution in [0.4, 0.5) is 0 Å². The van der Waals surface area contributed by atoms with Gasteiger partial charge in [-0.05, 0) is 24.3 Å². The fourth-order valence-corrected chi connectivity index (χ4v) is 2.89. The summed E-state index contributed by atoms with van der Waals surface area (Å²) in [4.78, 5) is 10.9. The lowest BCUT2D eigenvalue weighted by atomic mass is 10.3. The van der Waals surface area contributed by atoms with E-state index in [-0.39, 0.29) is 5.91 Å². The Morgan fingerprint density at radius 3 is 2.68 bits per heavy atom. The molecule has 0 aliphatic rings. The van der Waals surface area contributed by atoms with Gasteiger partial charge in [0.05, 0.1) is 6.26 Å². The molecule has 1 amide bonds. The van der Waals surface area contributed by atoms with E-state index < -0.39 is 0 Å². The molecule has 0 radical (unpaired) electrons. The molecule has 3 rings (SSSR count). The van der Waals surface area contributed by atoms with Crippen LogP contribution in [0.25, 0.3) is 17.3 Å². The van der Waals surface area contributed by atoms with E-state index in [0.717, 1.165) is 5.69 Å². The van der Waals surface area contributed by atoms with Gasteiger partial charge in [0.1, 0.15) is 0 Å². The van der Waals surface area contributed by atoms with Crippen LogP contribution in [-0.2, 0) is 4.79 Å². The van der Waals surface area contributed by atoms with Crippen molar-refractivity contribution in [2.75, 3.05) is 5.75 Å². The van der Waals surface area contributed by atoms with E-state index in [4.69, 9.17) is 10.2 Å². The van der Waals surface area contributed by atoms with Gasteiger partial charge in [0.15, 0.2) is 10.9 Å². The predicted molar refractivity (Wildman–Crippen MR) is 83.6 cm³/mol. The second-order valence-corrected chi connectivity index (χ2v) is 5.58. The molecule has 2 heterocycles. The van der Waals surface area contributed by atoms with Crippen molar-refractivity contribution in [3.05, 3.63) is 48.7 Å². The first-order valence-electron chi connectivity index (χ1n) is 6.71. The van der Waals surface area contributed by atoms with Crippen LogP contribution in [0, 0.1) is 0 Å². The number of nitrogens with zero attached hydrogens (tertiary/aromatic N) is 3. The lowest BCUT2D eigenvalue weighted by molar-refractivity contribution is -0.117. The van der Waals surface area contributed by atoms with Crippen LogP contribution >= 0.6 is 11.8 Å². The van der Waals surface area contributed by atoms with E-state index in [9.17, 15) is 4.79 Å². The molecule has 0 aliphatic heterocycles. The molecule has 1 aromatic carbocycles. The highest BCUT2D eigenvalue weighted by Gasteiger charge is 2.17. The smallest absolute Gasteiger partial charge is 0.218 e. The molecule has 112 valence electrons. The van der Waals surface area contributed by atoms with Crippen molar-refractivity contribution in [3.8, 4) is 17.3 Å². The van der Waals surface area contributed by atoms with Gasteiger partial charge in [0.2, 0.25) is 11.7 Å². The first-order chi connectivity index (χ1) is 10.8. The van der Waals surface area contributed by atoms with E-state index in [2.05, 4.69) is 10.2 Å². The van der Waals surface area contributed by atoms with Gasteiger partial charge >= 0.3 is 0 Å². The van der Waals surface area contributed by atoms with Crippen LogP contribution in [0.15, 0.2) is 58.3 Å². The molecular weight excluding hydrogens is 300 g/mol. The number of carbonyl (C=O) groups is 1. The average molecular weight is 314 g/mol. The SMILES string of the molecule is NC(=O)CCSc1nnc(-c2ccco2)n1-c1ccccc1. The standard InChI is InChI=1S/C15H14N4O2S/c16-13(20)8-10-22-15-18-17-14(12-7-4-9-21-12)19(15)11-5-2-1-3-6-11/h1-7,9H,8,10H2,(H2,16,20). The summed E-state index contributed by atoms with van der Waals surface area (Å²) in [6, 6.07) is 13.4. The number of nitrogens with two attached hydrogens (primary N) is 1. The summed E-state index contributed by atoms with van der Waals surface area (Å²) < 4.78 is 7.34. The Labute approximate surface area is 131 Å². The molecule has 0 aliphatic carbocycles. The Balaban J connectivity index is 1.98. The maximum absolute atomic E-state index is 10.9. The number of amides is 1. The van der Waals surface area contributed by atoms with Gasteiger partial charge in [-0.2, -0.15) is 0 Å². The Bertz CT molecular complexity index is 753. The molecule has 0 spiro atoms. The Hall–Kier alpha value is -2.54. The predicted octanol–water partition coefficient (Wildman–Crippen LogP) is 2.49. The Morgan fingerprint density at radius 2 is 2.00 bits per heavy atom. The summed E-state index contributed by atoms with van der Waals surface area (Å²) in [5.41, 5.74) is 6.11. The first-order valence-corrected chi connectivity index (χ1v) is 7.70. The highest BCUT2D eigenvalue weighted by atomic mass is 32.2. The van der Waals surface area contributed by atoms with Crippen molar-refractivity contribution in [2.24, 2.45) is 5.73 Å². The summed E-state index contributed by atoms with van der Waals surface area (Å²) in [7, 11) is 0. The monoisotopic (exact) mass is 314 g/mol. The molecular formula is C15H14N4O2S. The van der Waals surface area contributed by atoms with Gasteiger partial charge in [0.25, 0.3) is 0 Å². The molecule has 2 aromatic heterocycles. The minimum absolute atomic E-state index is 0.294. The van der Waals surface area contributed by atoms with Crippen molar-refractivity contribution in [3.63, 3.8) is 0 Å². The van der Waals surface area contributed by atoms with Gasteiger partial charge in [-0.15, -0.1) is 10.2 Å². The number of aromatic nitrogens is 3. The fraction of sp³-hybridized carbons (Fsp3) is 0.133. The van der Waals surface area contributed by atoms with Gasteiger partial charge in [-0.25, -0.2) is 0 Å². The molecule has 0 fully saturated rings. The highest BCUT2D eigenvalue weighted by molar-refractivity contribution is 7.99. The number of hydrogen-bond donors (Lipinski definition) is 1. The van der Waals surface area contributed by atoms with Crippen molar-refractivity contribution in [1.82, 2.24) is 14.8 Å². The van der Waals surface area contributed by atoms with Crippen LogP contribution in [0.3, 0.4) is 0 Å². The van der Waals surface area contributed by atoms with Gasteiger partial charge in [0, 0.05) is 17.9 Å². The minimum atomic E-state index is -0.329. The molecule has 2 N–H and O–H groups in total. The number of furan rings is 1. The van der Waals surface area contributed by atoms with Crippen LogP contribution in [0.1, 0.15) is 6.42 Å². The topological polar surface area (TPSA) is 86.9 Å². The number of carbonyl (C=O) groups excluding carboxylic acids is 1. The minimum Gasteiger partial charge on any atom is -0.461 e. The third-order valence-electron chi connectivity index (χ3n) is 2.97. The molecule has 7 heteroatoms. The largest absolute Gasteiger partial charge is 0.461 e. The number of thioether (sulfide) groups is 1. The third-order valence-corrected chi connectivity index (χ3v) is 3.90. The number of rotatable bonds is 6. The number of hydrogen-bond acceptors (Lipinski definition) is 5. The quantitative estimate of drug-likeness (QED) is 0.706. The van der Waals surface area contributed by atoms with Gasteiger partial charge < -0.3 is 10.2 Å². The summed E-state index contributed by atoms with van der Waals surface area (Å²) in [6.45, 7) is 0. The molecule has 3 aromatic rings. The molecule has 0 saturated carbocycles. The first kappa shape index (κ1) is 14.4. The summed E-state index contributed by atoms with van der Waals surface area (Å²) in [5.74, 6) is 1.48. The second kappa shape index (κ2) is 6.48. The lowest BCUT2D eigenvalue weighted by Gasteiger charge is -2.08. The summed E-state index contributed by atoms with van der Waals surface area (Å²) in [6.07, 6.45) is 1.89. The van der Waals surface area contributed by atoms with E-state index >= 15 is 0 Å². The molecule has 0 unspecified atom stereocenters. The normalized spacial score (nSPS) is 10.7. The van der Waals surface area contributed by atoms with Crippen molar-refractivity contribution < 1.29 is 9.21 Å². The maximum Gasteiger partial charge on any atom is 0.218 e. The van der Waals surface area contributed by atoms with E-state index in [1.807, 2.05) is 41.0 Å². The van der Waals surface area contributed by atoms with Crippen molar-refractivity contribution in [1.29, 1.82) is 0 Å². The molecule has 22 heavy (non-hydrogen) atoms. The van der Waals surface area contributed by atoms with Crippen LogP contribution in [-0.4, -0.2) is 26.4 Å².